The summed E-state index contributed by atoms with van der Waals surface area (Å²) in [4.78, 5) is 11.4. The van der Waals surface area contributed by atoms with Gasteiger partial charge < -0.3 is 4.74 Å². The number of hydrogen-bond donors (Lipinski definition) is 0. The number of esters is 1. The van der Waals surface area contributed by atoms with E-state index in [1.54, 1.807) is 0 Å². The standard InChI is InChI=1S/C14H28O2/c1-5-7-8-9-10-11-14(3,4)12-13(15)16-6-2/h5-12H2,1-4H3. The summed E-state index contributed by atoms with van der Waals surface area (Å²) in [5.74, 6) is -0.0546. The van der Waals surface area contributed by atoms with E-state index in [-0.39, 0.29) is 11.4 Å². The summed E-state index contributed by atoms with van der Waals surface area (Å²) in [6.07, 6.45) is 8.13. The Kier molecular flexibility index (Phi) is 8.32. The number of ether oxygens (including phenoxy) is 1. The molecule has 16 heavy (non-hydrogen) atoms. The van der Waals surface area contributed by atoms with Crippen LogP contribution in [0.3, 0.4) is 0 Å². The smallest absolute Gasteiger partial charge is 0.306 e. The van der Waals surface area contributed by atoms with E-state index >= 15 is 0 Å². The Morgan fingerprint density at radius 3 is 2.25 bits per heavy atom. The van der Waals surface area contributed by atoms with Gasteiger partial charge in [-0.25, -0.2) is 0 Å². The fourth-order valence-electron chi connectivity index (χ4n) is 1.90. The van der Waals surface area contributed by atoms with E-state index in [9.17, 15) is 4.79 Å². The summed E-state index contributed by atoms with van der Waals surface area (Å²) in [5.41, 5.74) is 0.0957. The Labute approximate surface area is 101 Å². The minimum absolute atomic E-state index is 0.0546. The van der Waals surface area contributed by atoms with E-state index in [1.807, 2.05) is 6.92 Å². The lowest BCUT2D eigenvalue weighted by molar-refractivity contribution is -0.145. The van der Waals surface area contributed by atoms with Gasteiger partial charge in [-0.2, -0.15) is 0 Å². The van der Waals surface area contributed by atoms with Gasteiger partial charge in [0.2, 0.25) is 0 Å². The first-order valence-electron chi connectivity index (χ1n) is 6.67. The van der Waals surface area contributed by atoms with E-state index in [0.29, 0.717) is 13.0 Å². The fourth-order valence-corrected chi connectivity index (χ4v) is 1.90. The molecular weight excluding hydrogens is 200 g/mol. The summed E-state index contributed by atoms with van der Waals surface area (Å²) >= 11 is 0. The molecule has 0 N–H and O–H groups in total. The summed E-state index contributed by atoms with van der Waals surface area (Å²) in [6, 6.07) is 0. The van der Waals surface area contributed by atoms with Crippen molar-refractivity contribution in [2.45, 2.75) is 72.6 Å². The van der Waals surface area contributed by atoms with Crippen molar-refractivity contribution in [1.29, 1.82) is 0 Å². The van der Waals surface area contributed by atoms with Crippen LogP contribution in [0.15, 0.2) is 0 Å². The lowest BCUT2D eigenvalue weighted by Crippen LogP contribution is -2.18. The predicted molar refractivity (Wildman–Crippen MR) is 68.4 cm³/mol. The highest BCUT2D eigenvalue weighted by Gasteiger charge is 2.22. The van der Waals surface area contributed by atoms with Crippen LogP contribution in [0.25, 0.3) is 0 Å². The van der Waals surface area contributed by atoms with Gasteiger partial charge in [-0.15, -0.1) is 0 Å². The van der Waals surface area contributed by atoms with Gasteiger partial charge in [0.15, 0.2) is 0 Å². The zero-order valence-electron chi connectivity index (χ0n) is 11.5. The average Bonchev–Trinajstić information content (AvgIpc) is 2.16. The molecule has 0 saturated heterocycles. The van der Waals surface area contributed by atoms with Crippen molar-refractivity contribution in [3.05, 3.63) is 0 Å². The molecule has 0 aromatic heterocycles. The van der Waals surface area contributed by atoms with Crippen LogP contribution in [0.5, 0.6) is 0 Å². The average molecular weight is 228 g/mol. The Bertz CT molecular complexity index is 185. The van der Waals surface area contributed by atoms with Crippen molar-refractivity contribution in [3.8, 4) is 0 Å². The van der Waals surface area contributed by atoms with Gasteiger partial charge in [-0.05, 0) is 18.8 Å². The third kappa shape index (κ3) is 8.75. The number of unbranched alkanes of at least 4 members (excludes halogenated alkanes) is 4. The topological polar surface area (TPSA) is 26.3 Å². The molecule has 0 aromatic carbocycles. The quantitative estimate of drug-likeness (QED) is 0.434. The first kappa shape index (κ1) is 15.5. The van der Waals surface area contributed by atoms with Crippen LogP contribution in [0.4, 0.5) is 0 Å². The van der Waals surface area contributed by atoms with Gasteiger partial charge in [0.1, 0.15) is 0 Å². The fraction of sp³-hybridized carbons (Fsp3) is 0.929. The van der Waals surface area contributed by atoms with Crippen LogP contribution >= 0.6 is 0 Å². The van der Waals surface area contributed by atoms with E-state index in [4.69, 9.17) is 4.74 Å². The van der Waals surface area contributed by atoms with Crippen LogP contribution in [0.2, 0.25) is 0 Å². The van der Waals surface area contributed by atoms with Gasteiger partial charge >= 0.3 is 5.97 Å². The lowest BCUT2D eigenvalue weighted by Gasteiger charge is -2.23. The van der Waals surface area contributed by atoms with Gasteiger partial charge in [0.05, 0.1) is 13.0 Å². The number of carbonyl (C=O) groups is 1. The summed E-state index contributed by atoms with van der Waals surface area (Å²) < 4.78 is 4.98. The van der Waals surface area contributed by atoms with Crippen LogP contribution in [0.1, 0.15) is 72.6 Å². The summed E-state index contributed by atoms with van der Waals surface area (Å²) in [6.45, 7) is 8.89. The number of carbonyl (C=O) groups excluding carboxylic acids is 1. The first-order valence-corrected chi connectivity index (χ1v) is 6.67. The molecule has 0 amide bonds. The van der Waals surface area contributed by atoms with Gasteiger partial charge in [0.25, 0.3) is 0 Å². The lowest BCUT2D eigenvalue weighted by atomic mass is 9.83. The molecule has 0 bridgehead atoms. The van der Waals surface area contributed by atoms with E-state index in [0.717, 1.165) is 6.42 Å². The zero-order valence-corrected chi connectivity index (χ0v) is 11.5. The normalized spacial score (nSPS) is 11.5. The summed E-state index contributed by atoms with van der Waals surface area (Å²) in [5, 5.41) is 0. The number of rotatable bonds is 9. The third-order valence-electron chi connectivity index (χ3n) is 2.89. The number of hydrogen-bond acceptors (Lipinski definition) is 2. The molecule has 0 spiro atoms. The van der Waals surface area contributed by atoms with E-state index in [1.165, 1.54) is 32.1 Å². The Morgan fingerprint density at radius 2 is 1.69 bits per heavy atom. The molecule has 0 aliphatic rings. The summed E-state index contributed by atoms with van der Waals surface area (Å²) in [7, 11) is 0. The van der Waals surface area contributed by atoms with Crippen molar-refractivity contribution >= 4 is 5.97 Å². The Balaban J connectivity index is 3.65. The minimum Gasteiger partial charge on any atom is -0.466 e. The minimum atomic E-state index is -0.0546. The molecule has 0 saturated carbocycles. The predicted octanol–water partition coefficient (Wildman–Crippen LogP) is 4.33. The molecule has 0 radical (unpaired) electrons. The van der Waals surface area contributed by atoms with Crippen molar-refractivity contribution in [3.63, 3.8) is 0 Å². The molecule has 0 atom stereocenters. The van der Waals surface area contributed by atoms with Crippen LogP contribution in [0, 0.1) is 5.41 Å². The van der Waals surface area contributed by atoms with Gasteiger partial charge in [0, 0.05) is 0 Å². The second-order valence-electron chi connectivity index (χ2n) is 5.31. The largest absolute Gasteiger partial charge is 0.466 e. The zero-order chi connectivity index (χ0) is 12.4. The van der Waals surface area contributed by atoms with Crippen LogP contribution in [-0.4, -0.2) is 12.6 Å². The maximum atomic E-state index is 11.4. The second-order valence-corrected chi connectivity index (χ2v) is 5.31. The maximum Gasteiger partial charge on any atom is 0.306 e. The van der Waals surface area contributed by atoms with Gasteiger partial charge in [-0.1, -0.05) is 52.9 Å². The molecule has 0 fully saturated rings. The Hall–Kier alpha value is -0.530. The first-order chi connectivity index (χ1) is 7.52. The molecule has 0 aromatic rings. The highest BCUT2D eigenvalue weighted by atomic mass is 16.5. The van der Waals surface area contributed by atoms with Crippen LogP contribution < -0.4 is 0 Å². The SMILES string of the molecule is CCCCCCCC(C)(C)CC(=O)OCC. The third-order valence-corrected chi connectivity index (χ3v) is 2.89. The van der Waals surface area contributed by atoms with Crippen molar-refractivity contribution in [2.75, 3.05) is 6.61 Å². The van der Waals surface area contributed by atoms with Crippen LogP contribution in [-0.2, 0) is 9.53 Å². The van der Waals surface area contributed by atoms with E-state index < -0.39 is 0 Å². The van der Waals surface area contributed by atoms with Gasteiger partial charge in [-0.3, -0.25) is 4.79 Å². The second kappa shape index (κ2) is 8.60. The monoisotopic (exact) mass is 228 g/mol. The molecule has 0 rings (SSSR count). The maximum absolute atomic E-state index is 11.4. The molecule has 0 aliphatic carbocycles. The molecule has 0 heterocycles. The van der Waals surface area contributed by atoms with Crippen molar-refractivity contribution in [1.82, 2.24) is 0 Å². The molecule has 2 nitrogen and oxygen atoms in total. The molecule has 0 aliphatic heterocycles. The molecule has 2 heteroatoms. The highest BCUT2D eigenvalue weighted by Crippen LogP contribution is 2.28. The molecule has 0 unspecified atom stereocenters. The van der Waals surface area contributed by atoms with Crippen molar-refractivity contribution < 1.29 is 9.53 Å². The highest BCUT2D eigenvalue weighted by molar-refractivity contribution is 5.70. The Morgan fingerprint density at radius 1 is 1.06 bits per heavy atom. The molecular formula is C14H28O2. The van der Waals surface area contributed by atoms with Crippen molar-refractivity contribution in [2.24, 2.45) is 5.41 Å². The molecule has 96 valence electrons. The van der Waals surface area contributed by atoms with E-state index in [2.05, 4.69) is 20.8 Å².